The first kappa shape index (κ1) is 19.7. The number of rotatable bonds is 5. The SMILES string of the molecule is CC(C)Oc1nc2nc(C34COC(C)(C3)C4)cn2cc1C(=O)Nc1ccc2c(n1)CCC2. The van der Waals surface area contributed by atoms with Gasteiger partial charge in [0.15, 0.2) is 0 Å². The van der Waals surface area contributed by atoms with E-state index in [1.54, 1.807) is 6.20 Å². The van der Waals surface area contributed by atoms with Gasteiger partial charge < -0.3 is 14.8 Å². The number of pyridine rings is 1. The molecule has 7 rings (SSSR count). The molecule has 3 aromatic heterocycles. The number of aryl methyl sites for hydroxylation is 2. The first-order chi connectivity index (χ1) is 15.3. The monoisotopic (exact) mass is 433 g/mol. The molecule has 166 valence electrons. The Bertz CT molecular complexity index is 1240. The summed E-state index contributed by atoms with van der Waals surface area (Å²) in [4.78, 5) is 27.2. The second-order valence-corrected chi connectivity index (χ2v) is 9.94. The molecule has 0 aromatic carbocycles. The average molecular weight is 434 g/mol. The van der Waals surface area contributed by atoms with Gasteiger partial charge in [0.25, 0.3) is 5.91 Å². The number of nitrogens with zero attached hydrogens (tertiary/aromatic N) is 4. The topological polar surface area (TPSA) is 90.6 Å². The van der Waals surface area contributed by atoms with Crippen LogP contribution in [0.1, 0.15) is 67.3 Å². The molecule has 32 heavy (non-hydrogen) atoms. The first-order valence-corrected chi connectivity index (χ1v) is 11.3. The minimum absolute atomic E-state index is 0.0248. The van der Waals surface area contributed by atoms with Crippen molar-refractivity contribution in [2.45, 2.75) is 70.0 Å². The minimum Gasteiger partial charge on any atom is -0.474 e. The van der Waals surface area contributed by atoms with Crippen molar-refractivity contribution < 1.29 is 14.3 Å². The van der Waals surface area contributed by atoms with E-state index in [0.29, 0.717) is 23.8 Å². The Kier molecular flexibility index (Phi) is 4.15. The third-order valence-electron chi connectivity index (χ3n) is 6.84. The van der Waals surface area contributed by atoms with Crippen LogP contribution < -0.4 is 10.1 Å². The lowest BCUT2D eigenvalue weighted by Crippen LogP contribution is -2.45. The third kappa shape index (κ3) is 3.08. The molecule has 2 bridgehead atoms. The Labute approximate surface area is 186 Å². The van der Waals surface area contributed by atoms with E-state index in [9.17, 15) is 4.79 Å². The predicted octanol–water partition coefficient (Wildman–Crippen LogP) is 3.47. The summed E-state index contributed by atoms with van der Waals surface area (Å²) in [5.74, 6) is 1.06. The second-order valence-electron chi connectivity index (χ2n) is 9.94. The van der Waals surface area contributed by atoms with E-state index < -0.39 is 0 Å². The lowest BCUT2D eigenvalue weighted by Gasteiger charge is -2.41. The van der Waals surface area contributed by atoms with E-state index in [-0.39, 0.29) is 28.9 Å². The Hall–Kier alpha value is -3.00. The van der Waals surface area contributed by atoms with Crippen molar-refractivity contribution in [3.05, 3.63) is 47.0 Å². The Balaban J connectivity index is 1.34. The zero-order valence-corrected chi connectivity index (χ0v) is 18.6. The molecule has 8 heteroatoms. The number of fused-ring (bicyclic) bond motifs is 3. The summed E-state index contributed by atoms with van der Waals surface area (Å²) >= 11 is 0. The Morgan fingerprint density at radius 3 is 2.78 bits per heavy atom. The lowest BCUT2D eigenvalue weighted by molar-refractivity contribution is 0.0154. The standard InChI is InChI=1S/C24H27N5O3/c1-14(2)32-21-16(20(30)27-19-8-7-15-5-4-6-17(15)25-19)9-29-10-18(26-22(29)28-21)24-11-23(3,12-24)31-13-24/h7-10,14H,4-6,11-13H2,1-3H3,(H,25,27,30). The van der Waals surface area contributed by atoms with Crippen molar-refractivity contribution in [2.24, 2.45) is 0 Å². The minimum atomic E-state index is -0.297. The molecule has 8 nitrogen and oxygen atoms in total. The second kappa shape index (κ2) is 6.75. The van der Waals surface area contributed by atoms with Crippen LogP contribution in [0.4, 0.5) is 5.82 Å². The molecule has 0 radical (unpaired) electrons. The fraction of sp³-hybridized carbons (Fsp3) is 0.500. The number of carbonyl (C=O) groups is 1. The largest absolute Gasteiger partial charge is 0.474 e. The van der Waals surface area contributed by atoms with Gasteiger partial charge in [0, 0.05) is 23.5 Å². The highest BCUT2D eigenvalue weighted by molar-refractivity contribution is 6.05. The van der Waals surface area contributed by atoms with Crippen molar-refractivity contribution in [1.82, 2.24) is 19.4 Å². The molecule has 0 unspecified atom stereocenters. The van der Waals surface area contributed by atoms with Gasteiger partial charge in [-0.3, -0.25) is 9.20 Å². The molecular weight excluding hydrogens is 406 g/mol. The van der Waals surface area contributed by atoms with Gasteiger partial charge in [0.2, 0.25) is 11.7 Å². The molecule has 1 amide bonds. The molecule has 2 aliphatic heterocycles. The number of aromatic nitrogens is 4. The summed E-state index contributed by atoms with van der Waals surface area (Å²) in [6.07, 6.45) is 8.66. The number of amides is 1. The maximum atomic E-state index is 13.2. The number of hydrogen-bond donors (Lipinski definition) is 1. The molecule has 3 aromatic rings. The molecule has 1 N–H and O–H groups in total. The highest BCUT2D eigenvalue weighted by atomic mass is 16.5. The summed E-state index contributed by atoms with van der Waals surface area (Å²) in [7, 11) is 0. The molecule has 5 heterocycles. The fourth-order valence-electron chi connectivity index (χ4n) is 5.46. The van der Waals surface area contributed by atoms with Crippen LogP contribution in [0.15, 0.2) is 24.5 Å². The van der Waals surface area contributed by atoms with Crippen LogP contribution in [0, 0.1) is 0 Å². The molecule has 2 saturated heterocycles. The maximum Gasteiger partial charge on any atom is 0.263 e. The molecule has 0 atom stereocenters. The van der Waals surface area contributed by atoms with Gasteiger partial charge in [-0.15, -0.1) is 0 Å². The Morgan fingerprint density at radius 2 is 2.03 bits per heavy atom. The summed E-state index contributed by atoms with van der Waals surface area (Å²) in [6, 6.07) is 3.91. The number of nitrogens with one attached hydrogen (secondary N) is 1. The summed E-state index contributed by atoms with van der Waals surface area (Å²) in [5, 5.41) is 2.92. The van der Waals surface area contributed by atoms with Crippen LogP contribution in [0.5, 0.6) is 5.88 Å². The highest BCUT2D eigenvalue weighted by Crippen LogP contribution is 2.58. The lowest BCUT2D eigenvalue weighted by atomic mass is 9.62. The highest BCUT2D eigenvalue weighted by Gasteiger charge is 2.61. The van der Waals surface area contributed by atoms with Crippen molar-refractivity contribution in [3.63, 3.8) is 0 Å². The quantitative estimate of drug-likeness (QED) is 0.663. The molecule has 0 spiro atoms. The Morgan fingerprint density at radius 1 is 1.19 bits per heavy atom. The van der Waals surface area contributed by atoms with Gasteiger partial charge in [-0.05, 0) is 64.5 Å². The van der Waals surface area contributed by atoms with E-state index in [1.807, 2.05) is 30.5 Å². The zero-order chi connectivity index (χ0) is 22.1. The van der Waals surface area contributed by atoms with Crippen LogP contribution in [0.3, 0.4) is 0 Å². The van der Waals surface area contributed by atoms with Crippen LogP contribution in [-0.2, 0) is 23.0 Å². The number of anilines is 1. The van der Waals surface area contributed by atoms with Crippen molar-refractivity contribution in [3.8, 4) is 5.88 Å². The van der Waals surface area contributed by atoms with Gasteiger partial charge in [0.1, 0.15) is 11.4 Å². The summed E-state index contributed by atoms with van der Waals surface area (Å²) in [6.45, 7) is 6.66. The summed E-state index contributed by atoms with van der Waals surface area (Å²) < 4.78 is 13.7. The number of ether oxygens (including phenoxy) is 2. The molecule has 2 aliphatic carbocycles. The summed E-state index contributed by atoms with van der Waals surface area (Å²) in [5.41, 5.74) is 3.59. The maximum absolute atomic E-state index is 13.2. The predicted molar refractivity (Wildman–Crippen MR) is 118 cm³/mol. The van der Waals surface area contributed by atoms with Gasteiger partial charge in [-0.2, -0.15) is 4.98 Å². The van der Waals surface area contributed by atoms with Gasteiger partial charge in [-0.25, -0.2) is 9.97 Å². The smallest absolute Gasteiger partial charge is 0.263 e. The van der Waals surface area contributed by atoms with Gasteiger partial charge in [-0.1, -0.05) is 6.07 Å². The van der Waals surface area contributed by atoms with Crippen molar-refractivity contribution in [1.29, 1.82) is 0 Å². The third-order valence-corrected chi connectivity index (χ3v) is 6.84. The van der Waals surface area contributed by atoms with E-state index in [1.165, 1.54) is 5.56 Å². The number of hydrogen-bond acceptors (Lipinski definition) is 6. The molecule has 1 saturated carbocycles. The van der Waals surface area contributed by atoms with Crippen molar-refractivity contribution >= 4 is 17.5 Å². The number of imidazole rings is 1. The molecular formula is C24H27N5O3. The normalized spacial score (nSPS) is 25.8. The average Bonchev–Trinajstić information content (AvgIpc) is 3.47. The van der Waals surface area contributed by atoms with Gasteiger partial charge >= 0.3 is 0 Å². The molecule has 4 aliphatic rings. The van der Waals surface area contributed by atoms with E-state index in [0.717, 1.165) is 43.5 Å². The van der Waals surface area contributed by atoms with E-state index in [4.69, 9.17) is 14.5 Å². The van der Waals surface area contributed by atoms with Crippen LogP contribution in [0.25, 0.3) is 5.78 Å². The van der Waals surface area contributed by atoms with Crippen LogP contribution in [-0.4, -0.2) is 43.6 Å². The van der Waals surface area contributed by atoms with E-state index in [2.05, 4.69) is 28.3 Å². The first-order valence-electron chi connectivity index (χ1n) is 11.3. The number of carbonyl (C=O) groups excluding carboxylic acids is 1. The van der Waals surface area contributed by atoms with Crippen molar-refractivity contribution in [2.75, 3.05) is 11.9 Å². The van der Waals surface area contributed by atoms with Crippen LogP contribution in [0.2, 0.25) is 0 Å². The zero-order valence-electron chi connectivity index (χ0n) is 18.6. The van der Waals surface area contributed by atoms with Crippen LogP contribution >= 0.6 is 0 Å². The molecule has 3 fully saturated rings. The van der Waals surface area contributed by atoms with E-state index >= 15 is 0 Å². The fourth-order valence-corrected chi connectivity index (χ4v) is 5.46. The van der Waals surface area contributed by atoms with Gasteiger partial charge in [0.05, 0.1) is 24.0 Å².